The molecule has 0 spiro atoms. The van der Waals surface area contributed by atoms with Gasteiger partial charge in [0.1, 0.15) is 0 Å². The van der Waals surface area contributed by atoms with E-state index in [1.54, 1.807) is 6.07 Å². The lowest BCUT2D eigenvalue weighted by atomic mass is 9.84. The van der Waals surface area contributed by atoms with E-state index in [9.17, 15) is 9.59 Å². The highest BCUT2D eigenvalue weighted by Crippen LogP contribution is 2.61. The number of rotatable bonds is 7. The summed E-state index contributed by atoms with van der Waals surface area (Å²) < 4.78 is 0. The van der Waals surface area contributed by atoms with Crippen LogP contribution in [0.15, 0.2) is 84.9 Å². The Bertz CT molecular complexity index is 1090. The highest BCUT2D eigenvalue weighted by molar-refractivity contribution is 6.04. The molecule has 0 saturated heterocycles. The highest BCUT2D eigenvalue weighted by Gasteiger charge is 2.55. The Hall–Kier alpha value is -3.20. The van der Waals surface area contributed by atoms with E-state index in [1.807, 2.05) is 54.6 Å². The van der Waals surface area contributed by atoms with E-state index in [4.69, 9.17) is 0 Å². The second-order valence-corrected chi connectivity index (χ2v) is 10.0. The number of hydrogen-bond donors (Lipinski definition) is 1. The maximum absolute atomic E-state index is 13.7. The van der Waals surface area contributed by atoms with Crippen LogP contribution in [0, 0.1) is 11.8 Å². The van der Waals surface area contributed by atoms with Crippen LogP contribution < -0.4 is 5.32 Å². The maximum Gasteiger partial charge on any atom is 0.251 e. The number of Topliss-reactive ketones (excluding diaryl/α,β-unsaturated/α-hetero) is 1. The first-order valence-corrected chi connectivity index (χ1v) is 12.7. The van der Waals surface area contributed by atoms with Gasteiger partial charge in [0, 0.05) is 34.9 Å². The van der Waals surface area contributed by atoms with Crippen molar-refractivity contribution in [1.29, 1.82) is 0 Å². The second-order valence-electron chi connectivity index (χ2n) is 10.0. The highest BCUT2D eigenvalue weighted by atomic mass is 16.1. The summed E-state index contributed by atoms with van der Waals surface area (Å²) in [4.78, 5) is 26.7. The van der Waals surface area contributed by atoms with Crippen molar-refractivity contribution >= 4 is 11.7 Å². The van der Waals surface area contributed by atoms with Crippen LogP contribution in [0.1, 0.15) is 82.7 Å². The van der Waals surface area contributed by atoms with E-state index in [2.05, 4.69) is 36.5 Å². The molecule has 34 heavy (non-hydrogen) atoms. The van der Waals surface area contributed by atoms with Gasteiger partial charge in [0.15, 0.2) is 5.78 Å². The molecule has 2 aliphatic rings. The summed E-state index contributed by atoms with van der Waals surface area (Å²) in [7, 11) is 0. The third-order valence-corrected chi connectivity index (χ3v) is 7.82. The van der Waals surface area contributed by atoms with Gasteiger partial charge in [-0.3, -0.25) is 9.59 Å². The van der Waals surface area contributed by atoms with Crippen molar-refractivity contribution in [3.63, 3.8) is 0 Å². The molecule has 3 atom stereocenters. The van der Waals surface area contributed by atoms with Crippen LogP contribution in [0.3, 0.4) is 0 Å². The minimum absolute atomic E-state index is 0.0808. The van der Waals surface area contributed by atoms with Gasteiger partial charge in [-0.1, -0.05) is 92.1 Å². The monoisotopic (exact) mass is 451 g/mol. The van der Waals surface area contributed by atoms with E-state index >= 15 is 0 Å². The zero-order valence-corrected chi connectivity index (χ0v) is 19.8. The molecule has 1 N–H and O–H groups in total. The fraction of sp³-hybridized carbons (Fsp3) is 0.355. The third-order valence-electron chi connectivity index (χ3n) is 7.82. The lowest BCUT2D eigenvalue weighted by Crippen LogP contribution is -2.38. The van der Waals surface area contributed by atoms with Crippen LogP contribution in [-0.2, 0) is 0 Å². The number of amides is 1. The number of ketones is 1. The van der Waals surface area contributed by atoms with Crippen LogP contribution in [0.25, 0.3) is 0 Å². The van der Waals surface area contributed by atoms with Gasteiger partial charge in [0.25, 0.3) is 5.91 Å². The summed E-state index contributed by atoms with van der Waals surface area (Å²) in [5.74, 6) is 0.816. The molecule has 0 aromatic heterocycles. The number of benzene rings is 3. The molecule has 5 rings (SSSR count). The third kappa shape index (κ3) is 4.70. The van der Waals surface area contributed by atoms with Gasteiger partial charge in [-0.05, 0) is 48.9 Å². The van der Waals surface area contributed by atoms with Crippen LogP contribution in [0.5, 0.6) is 0 Å². The summed E-state index contributed by atoms with van der Waals surface area (Å²) in [5.41, 5.74) is 3.60. The molecular weight excluding hydrogens is 418 g/mol. The van der Waals surface area contributed by atoms with E-state index in [-0.39, 0.29) is 35.5 Å². The van der Waals surface area contributed by atoms with Gasteiger partial charge in [0.2, 0.25) is 0 Å². The molecule has 2 saturated carbocycles. The zero-order chi connectivity index (χ0) is 23.5. The van der Waals surface area contributed by atoms with Crippen molar-refractivity contribution in [2.24, 2.45) is 11.8 Å². The maximum atomic E-state index is 13.7. The first kappa shape index (κ1) is 22.6. The van der Waals surface area contributed by atoms with Gasteiger partial charge < -0.3 is 5.32 Å². The Labute approximate surface area is 202 Å². The first-order valence-electron chi connectivity index (χ1n) is 12.7. The Morgan fingerprint density at radius 3 is 1.88 bits per heavy atom. The minimum atomic E-state index is -0.107. The SMILES string of the molecule is C[C@H](NC(=O)c1cccc(C(=O)C2[C@H](c3ccccc3)[C@H]2c2ccccc2)c1)C1CCCCC1. The topological polar surface area (TPSA) is 46.2 Å². The van der Waals surface area contributed by atoms with Gasteiger partial charge >= 0.3 is 0 Å². The summed E-state index contributed by atoms with van der Waals surface area (Å²) in [6, 6.07) is 28.1. The Morgan fingerprint density at radius 2 is 1.29 bits per heavy atom. The largest absolute Gasteiger partial charge is 0.349 e. The molecule has 3 heteroatoms. The normalized spacial score (nSPS) is 23.1. The average Bonchev–Trinajstić information content (AvgIpc) is 3.65. The lowest BCUT2D eigenvalue weighted by molar-refractivity contribution is 0.0919. The van der Waals surface area contributed by atoms with Crippen LogP contribution in [0.2, 0.25) is 0 Å². The van der Waals surface area contributed by atoms with Crippen molar-refractivity contribution in [2.45, 2.75) is 56.9 Å². The van der Waals surface area contributed by atoms with Gasteiger partial charge in [-0.15, -0.1) is 0 Å². The number of carbonyl (C=O) groups is 2. The minimum Gasteiger partial charge on any atom is -0.349 e. The smallest absolute Gasteiger partial charge is 0.251 e. The molecule has 0 heterocycles. The van der Waals surface area contributed by atoms with E-state index in [0.29, 0.717) is 17.0 Å². The van der Waals surface area contributed by atoms with E-state index in [0.717, 1.165) is 0 Å². The predicted octanol–water partition coefficient (Wildman–Crippen LogP) is 6.77. The number of hydrogen-bond acceptors (Lipinski definition) is 2. The van der Waals surface area contributed by atoms with Crippen LogP contribution in [-0.4, -0.2) is 17.7 Å². The second kappa shape index (κ2) is 9.97. The van der Waals surface area contributed by atoms with Crippen molar-refractivity contribution in [3.05, 3.63) is 107 Å². The summed E-state index contributed by atoms with van der Waals surface area (Å²) in [6.45, 7) is 2.11. The molecule has 3 aromatic rings. The Morgan fingerprint density at radius 1 is 0.735 bits per heavy atom. The van der Waals surface area contributed by atoms with E-state index < -0.39 is 0 Å². The number of nitrogens with one attached hydrogen (secondary N) is 1. The molecule has 1 amide bonds. The van der Waals surface area contributed by atoms with Crippen molar-refractivity contribution in [1.82, 2.24) is 5.32 Å². The quantitative estimate of drug-likeness (QED) is 0.403. The average molecular weight is 452 g/mol. The molecule has 0 bridgehead atoms. The molecule has 174 valence electrons. The fourth-order valence-electron chi connectivity index (χ4n) is 5.87. The van der Waals surface area contributed by atoms with Gasteiger partial charge in [-0.2, -0.15) is 0 Å². The lowest BCUT2D eigenvalue weighted by Gasteiger charge is -2.28. The molecule has 0 aliphatic heterocycles. The zero-order valence-electron chi connectivity index (χ0n) is 19.8. The predicted molar refractivity (Wildman–Crippen MR) is 136 cm³/mol. The Balaban J connectivity index is 1.34. The van der Waals surface area contributed by atoms with Crippen molar-refractivity contribution in [2.75, 3.05) is 0 Å². The summed E-state index contributed by atoms with van der Waals surface area (Å²) in [6.07, 6.45) is 6.17. The number of carbonyl (C=O) groups excluding carboxylic acids is 2. The molecule has 3 nitrogen and oxygen atoms in total. The first-order chi connectivity index (χ1) is 16.6. The standard InChI is InChI=1S/C31H33NO2/c1-21(22-12-5-2-6-13-22)32-31(34)26-19-11-18-25(20-26)30(33)29-27(23-14-7-3-8-15-23)28(29)24-16-9-4-10-17-24/h3-4,7-11,14-22,27-29H,2,5-6,12-13H2,1H3,(H,32,34)/t21-,27+,28+/m0/s1. The summed E-state index contributed by atoms with van der Waals surface area (Å²) >= 11 is 0. The van der Waals surface area contributed by atoms with Crippen molar-refractivity contribution in [3.8, 4) is 0 Å². The van der Waals surface area contributed by atoms with E-state index in [1.165, 1.54) is 43.2 Å². The van der Waals surface area contributed by atoms with Crippen LogP contribution >= 0.6 is 0 Å². The molecular formula is C31H33NO2. The molecule has 2 aliphatic carbocycles. The molecule has 0 unspecified atom stereocenters. The molecule has 2 fully saturated rings. The Kier molecular flexibility index (Phi) is 6.62. The molecule has 0 radical (unpaired) electrons. The molecule has 3 aromatic carbocycles. The van der Waals surface area contributed by atoms with Gasteiger partial charge in [-0.25, -0.2) is 0 Å². The fourth-order valence-corrected chi connectivity index (χ4v) is 5.87. The van der Waals surface area contributed by atoms with Gasteiger partial charge in [0.05, 0.1) is 0 Å². The van der Waals surface area contributed by atoms with Crippen LogP contribution in [0.4, 0.5) is 0 Å². The van der Waals surface area contributed by atoms with Crippen molar-refractivity contribution < 1.29 is 9.59 Å². The summed E-state index contributed by atoms with van der Waals surface area (Å²) in [5, 5.41) is 3.20.